The van der Waals surface area contributed by atoms with Gasteiger partial charge in [-0.15, -0.1) is 11.3 Å². The molecule has 1 aromatic heterocycles. The first-order chi connectivity index (χ1) is 7.72. The Kier molecular flexibility index (Phi) is 3.17. The van der Waals surface area contributed by atoms with Crippen molar-refractivity contribution in [3.63, 3.8) is 0 Å². The maximum Gasteiger partial charge on any atom is 0.197 e. The van der Waals surface area contributed by atoms with E-state index in [1.54, 1.807) is 24.8 Å². The first-order valence-electron chi connectivity index (χ1n) is 4.86. The molecule has 0 aliphatic carbocycles. The zero-order valence-electron chi connectivity index (χ0n) is 8.84. The summed E-state index contributed by atoms with van der Waals surface area (Å²) in [4.78, 5) is 16.1. The molecule has 0 amide bonds. The molecule has 5 heteroatoms. The zero-order valence-corrected chi connectivity index (χ0v) is 9.66. The summed E-state index contributed by atoms with van der Waals surface area (Å²) in [5.41, 5.74) is 6.84. The van der Waals surface area contributed by atoms with E-state index in [2.05, 4.69) is 4.99 Å². The molecule has 0 bridgehead atoms. The highest BCUT2D eigenvalue weighted by molar-refractivity contribution is 7.14. The van der Waals surface area contributed by atoms with Gasteiger partial charge < -0.3 is 10.5 Å². The number of nitrogens with zero attached hydrogens (tertiary/aromatic N) is 1. The predicted molar refractivity (Wildman–Crippen MR) is 65.1 cm³/mol. The van der Waals surface area contributed by atoms with Gasteiger partial charge >= 0.3 is 0 Å². The molecular weight excluding hydrogens is 224 g/mol. The highest BCUT2D eigenvalue weighted by Gasteiger charge is 2.18. The normalized spacial score (nSPS) is 19.6. The molecule has 84 valence electrons. The highest BCUT2D eigenvalue weighted by Crippen LogP contribution is 2.23. The number of methoxy groups -OCH3 is 1. The third-order valence-corrected chi connectivity index (χ3v) is 3.14. The van der Waals surface area contributed by atoms with Gasteiger partial charge in [0, 0.05) is 25.3 Å². The van der Waals surface area contributed by atoms with Gasteiger partial charge in [-0.1, -0.05) is 6.08 Å². The molecule has 1 aliphatic rings. The molecule has 16 heavy (non-hydrogen) atoms. The monoisotopic (exact) mass is 236 g/mol. The van der Waals surface area contributed by atoms with Crippen molar-refractivity contribution in [3.8, 4) is 0 Å². The molecule has 1 unspecified atom stereocenters. The van der Waals surface area contributed by atoms with Crippen LogP contribution in [0.3, 0.4) is 0 Å². The van der Waals surface area contributed by atoms with Crippen molar-refractivity contribution in [2.24, 2.45) is 4.99 Å². The van der Waals surface area contributed by atoms with Crippen LogP contribution in [0.4, 0.5) is 5.00 Å². The van der Waals surface area contributed by atoms with E-state index < -0.39 is 0 Å². The number of carbonyl (C=O) groups is 1. The van der Waals surface area contributed by atoms with E-state index >= 15 is 0 Å². The van der Waals surface area contributed by atoms with E-state index in [1.165, 1.54) is 11.3 Å². The van der Waals surface area contributed by atoms with Gasteiger partial charge in [0.1, 0.15) is 0 Å². The number of nitrogens with two attached hydrogens (primary N) is 1. The number of hydrogen-bond acceptors (Lipinski definition) is 5. The third kappa shape index (κ3) is 2.05. The van der Waals surface area contributed by atoms with Crippen LogP contribution in [0.15, 0.2) is 28.1 Å². The van der Waals surface area contributed by atoms with Crippen LogP contribution in [0.2, 0.25) is 0 Å². The van der Waals surface area contributed by atoms with Gasteiger partial charge in [-0.2, -0.15) is 0 Å². The molecule has 2 rings (SSSR count). The zero-order chi connectivity index (χ0) is 11.5. The Morgan fingerprint density at radius 2 is 2.50 bits per heavy atom. The summed E-state index contributed by atoms with van der Waals surface area (Å²) in [6.07, 6.45) is 3.84. The second-order valence-corrected chi connectivity index (χ2v) is 4.34. The van der Waals surface area contributed by atoms with Gasteiger partial charge in [-0.25, -0.2) is 0 Å². The molecule has 0 saturated heterocycles. The molecule has 1 aromatic rings. The molecule has 2 N–H and O–H groups in total. The first kappa shape index (κ1) is 11.0. The van der Waals surface area contributed by atoms with Gasteiger partial charge in [0.15, 0.2) is 12.0 Å². The van der Waals surface area contributed by atoms with Crippen LogP contribution >= 0.6 is 11.3 Å². The minimum absolute atomic E-state index is 0.0722. The summed E-state index contributed by atoms with van der Waals surface area (Å²) in [7, 11) is 1.60. The van der Waals surface area contributed by atoms with Gasteiger partial charge in [0.25, 0.3) is 0 Å². The fraction of sp³-hybridized carbons (Fsp3) is 0.273. The number of dihydropyridines is 1. The molecule has 0 saturated carbocycles. The van der Waals surface area contributed by atoms with E-state index in [0.29, 0.717) is 22.6 Å². The van der Waals surface area contributed by atoms with Crippen LogP contribution in [0.1, 0.15) is 16.8 Å². The van der Waals surface area contributed by atoms with Crippen LogP contribution in [0.25, 0.3) is 0 Å². The lowest BCUT2D eigenvalue weighted by atomic mass is 10.0. The maximum atomic E-state index is 12.0. The number of ketones is 1. The van der Waals surface area contributed by atoms with E-state index in [-0.39, 0.29) is 12.0 Å². The lowest BCUT2D eigenvalue weighted by Crippen LogP contribution is -2.15. The van der Waals surface area contributed by atoms with Gasteiger partial charge in [-0.3, -0.25) is 9.79 Å². The number of thiophene rings is 1. The smallest absolute Gasteiger partial charge is 0.197 e. The molecule has 0 fully saturated rings. The summed E-state index contributed by atoms with van der Waals surface area (Å²) < 4.78 is 5.06. The lowest BCUT2D eigenvalue weighted by molar-refractivity contribution is 0.102. The number of carbonyl (C=O) groups excluding carboxylic acids is 1. The topological polar surface area (TPSA) is 64.7 Å². The number of ether oxygens (including phenoxy) is 1. The number of anilines is 1. The van der Waals surface area contributed by atoms with Crippen molar-refractivity contribution in [1.29, 1.82) is 0 Å². The first-order valence-corrected chi connectivity index (χ1v) is 5.74. The van der Waals surface area contributed by atoms with Crippen molar-refractivity contribution in [3.05, 3.63) is 28.7 Å². The number of rotatable bonds is 3. The maximum absolute atomic E-state index is 12.0. The molecule has 4 nitrogen and oxygen atoms in total. The van der Waals surface area contributed by atoms with Crippen LogP contribution in [-0.2, 0) is 4.74 Å². The van der Waals surface area contributed by atoms with Gasteiger partial charge in [0.2, 0.25) is 0 Å². The number of allylic oxidation sites excluding steroid dienone is 1. The summed E-state index contributed by atoms with van der Waals surface area (Å²) in [5.74, 6) is -0.0722. The standard InChI is InChI=1S/C11H12N2O2S/c1-15-9-3-2-7(6-13-9)10(14)8-4-5-16-11(8)12/h2,4-6,9H,3,12H2,1H3. The van der Waals surface area contributed by atoms with Crippen LogP contribution in [-0.4, -0.2) is 25.3 Å². The Hall–Kier alpha value is -1.46. The van der Waals surface area contributed by atoms with Crippen molar-refractivity contribution in [2.45, 2.75) is 12.6 Å². The fourth-order valence-corrected chi connectivity index (χ4v) is 2.12. The van der Waals surface area contributed by atoms with Crippen molar-refractivity contribution in [1.82, 2.24) is 0 Å². The minimum Gasteiger partial charge on any atom is -0.390 e. The number of Topliss-reactive ketones (excluding diaryl/α,β-unsaturated/α-hetero) is 1. The van der Waals surface area contributed by atoms with E-state index in [4.69, 9.17) is 10.5 Å². The molecular formula is C11H12N2O2S. The molecule has 2 heterocycles. The van der Waals surface area contributed by atoms with Crippen LogP contribution in [0, 0.1) is 0 Å². The summed E-state index contributed by atoms with van der Waals surface area (Å²) in [6.45, 7) is 0. The lowest BCUT2D eigenvalue weighted by Gasteiger charge is -2.13. The number of hydrogen-bond donors (Lipinski definition) is 1. The van der Waals surface area contributed by atoms with E-state index in [9.17, 15) is 4.79 Å². The molecule has 1 aliphatic heterocycles. The Bertz CT molecular complexity index is 462. The second-order valence-electron chi connectivity index (χ2n) is 3.39. The summed E-state index contributed by atoms with van der Waals surface area (Å²) in [6, 6.07) is 1.74. The quantitative estimate of drug-likeness (QED) is 0.815. The largest absolute Gasteiger partial charge is 0.390 e. The average Bonchev–Trinajstić information content (AvgIpc) is 2.75. The van der Waals surface area contributed by atoms with E-state index in [1.807, 2.05) is 6.08 Å². The predicted octanol–water partition coefficient (Wildman–Crippen LogP) is 1.89. The van der Waals surface area contributed by atoms with Crippen LogP contribution < -0.4 is 5.73 Å². The molecule has 1 atom stereocenters. The van der Waals surface area contributed by atoms with Crippen LogP contribution in [0.5, 0.6) is 0 Å². The Balaban J connectivity index is 2.17. The molecule has 0 aromatic carbocycles. The van der Waals surface area contributed by atoms with Crippen molar-refractivity contribution in [2.75, 3.05) is 12.8 Å². The van der Waals surface area contributed by atoms with Gasteiger partial charge in [0.05, 0.1) is 10.6 Å². The second kappa shape index (κ2) is 4.59. The SMILES string of the molecule is COC1CC=C(C(=O)c2ccsc2N)C=N1. The average molecular weight is 236 g/mol. The van der Waals surface area contributed by atoms with Gasteiger partial charge in [-0.05, 0) is 11.4 Å². The Morgan fingerprint density at radius 3 is 3.00 bits per heavy atom. The minimum atomic E-state index is -0.170. The number of aliphatic imine (C=N–C) groups is 1. The summed E-state index contributed by atoms with van der Waals surface area (Å²) >= 11 is 1.36. The summed E-state index contributed by atoms with van der Waals surface area (Å²) in [5, 5.41) is 2.36. The molecule has 0 spiro atoms. The Morgan fingerprint density at radius 1 is 1.69 bits per heavy atom. The van der Waals surface area contributed by atoms with Crippen molar-refractivity contribution < 1.29 is 9.53 Å². The fourth-order valence-electron chi connectivity index (χ4n) is 1.48. The molecule has 0 radical (unpaired) electrons. The third-order valence-electron chi connectivity index (χ3n) is 2.39. The Labute approximate surface area is 97.4 Å². The number of nitrogen functional groups attached to an aromatic ring is 1. The highest BCUT2D eigenvalue weighted by atomic mass is 32.1. The van der Waals surface area contributed by atoms with E-state index in [0.717, 1.165) is 0 Å². The van der Waals surface area contributed by atoms with Crippen molar-refractivity contribution >= 4 is 28.3 Å².